The van der Waals surface area contributed by atoms with Gasteiger partial charge in [-0.2, -0.15) is 0 Å². The van der Waals surface area contributed by atoms with Crippen molar-refractivity contribution in [3.05, 3.63) is 82.3 Å². The lowest BCUT2D eigenvalue weighted by molar-refractivity contribution is -0.689. The van der Waals surface area contributed by atoms with Crippen LogP contribution in [0.25, 0.3) is 16.8 Å². The highest BCUT2D eigenvalue weighted by Crippen LogP contribution is 2.40. The smallest absolute Gasteiger partial charge is 0.423 e. The lowest BCUT2D eigenvalue weighted by Gasteiger charge is -2.50. The van der Waals surface area contributed by atoms with E-state index in [4.69, 9.17) is 4.42 Å². The van der Waals surface area contributed by atoms with E-state index >= 15 is 4.39 Å². The summed E-state index contributed by atoms with van der Waals surface area (Å²) in [7, 11) is 1.27. The molecule has 0 spiro atoms. The number of fused-ring (bicyclic) bond motifs is 1. The molecule has 0 radical (unpaired) electrons. The molecule has 14 nitrogen and oxygen atoms in total. The van der Waals surface area contributed by atoms with Crippen LogP contribution in [0.1, 0.15) is 12.7 Å². The molecule has 4 heterocycles. The van der Waals surface area contributed by atoms with E-state index < -0.39 is 52.8 Å². The van der Waals surface area contributed by atoms with Gasteiger partial charge < -0.3 is 24.7 Å². The van der Waals surface area contributed by atoms with Crippen molar-refractivity contribution in [3.8, 4) is 16.8 Å². The number of halogens is 1. The van der Waals surface area contributed by atoms with Crippen LogP contribution in [-0.2, 0) is 37.0 Å². The molecule has 0 saturated carbocycles. The Labute approximate surface area is 252 Å². The zero-order valence-corrected chi connectivity index (χ0v) is 24.1. The average Bonchev–Trinajstić information content (AvgIpc) is 3.35. The number of thioether (sulfide) groups is 1. The molecule has 3 N–H and O–H groups in total. The van der Waals surface area contributed by atoms with Crippen LogP contribution in [0, 0.1) is 5.82 Å². The van der Waals surface area contributed by atoms with Crippen LogP contribution in [-0.4, -0.2) is 68.6 Å². The fourth-order valence-electron chi connectivity index (χ4n) is 4.87. The first-order valence-electron chi connectivity index (χ1n) is 13.2. The molecule has 5 rings (SSSR count). The first-order valence-corrected chi connectivity index (χ1v) is 14.2. The summed E-state index contributed by atoms with van der Waals surface area (Å²) in [6.07, 6.45) is 2.97. The molecule has 2 aromatic heterocycles. The number of aliphatic carboxylic acids is 1. The normalized spacial score (nSPS) is 18.4. The van der Waals surface area contributed by atoms with E-state index in [1.807, 2.05) is 0 Å². The summed E-state index contributed by atoms with van der Waals surface area (Å²) in [4.78, 5) is 66.1. The Kier molecular flexibility index (Phi) is 8.66. The van der Waals surface area contributed by atoms with E-state index in [0.717, 1.165) is 15.5 Å². The van der Waals surface area contributed by atoms with Crippen LogP contribution in [0.2, 0.25) is 0 Å². The Bertz CT molecular complexity index is 1730. The Hall–Kier alpha value is -4.80. The van der Waals surface area contributed by atoms with Crippen LogP contribution >= 0.6 is 11.8 Å². The summed E-state index contributed by atoms with van der Waals surface area (Å²) in [6, 6.07) is 6.45. The number of pyridine rings is 1. The molecule has 0 aliphatic carbocycles. The van der Waals surface area contributed by atoms with E-state index in [9.17, 15) is 34.2 Å². The summed E-state index contributed by atoms with van der Waals surface area (Å²) in [5.41, 5.74) is 3.18. The quantitative estimate of drug-likeness (QED) is 0.136. The summed E-state index contributed by atoms with van der Waals surface area (Å²) in [6.45, 7) is 1.36. The maximum absolute atomic E-state index is 15.2. The topological polar surface area (TPSA) is 187 Å². The van der Waals surface area contributed by atoms with Gasteiger partial charge >= 0.3 is 5.76 Å². The number of amides is 3. The van der Waals surface area contributed by atoms with Gasteiger partial charge in [-0.3, -0.25) is 24.1 Å². The van der Waals surface area contributed by atoms with Crippen molar-refractivity contribution < 1.29 is 47.6 Å². The lowest BCUT2D eigenvalue weighted by atomic mass is 10.0. The summed E-state index contributed by atoms with van der Waals surface area (Å²) in [5.74, 6) is -4.52. The minimum atomic E-state index is -1.53. The number of carboxylic acids is 1. The molecule has 1 aromatic carbocycles. The third kappa shape index (κ3) is 5.99. The standard InChI is InChI=1S/C28H26FN5O9S/c1-14(35)24(37)30-22-25(38)34-23(27(39)40)16(13-44-26(22)34)11-32-7-5-15(6-8-32)19-4-3-17(9-20(19)29)33-12-18(43-28(33)41)10-21(36)31-42-2/h3-9,12,14,22,26,35H,10-11,13H2,1-2H3,(H2-,30,31,36,37,39,40)/t14-,22+,26-/m0/s1. The van der Waals surface area contributed by atoms with Gasteiger partial charge in [0, 0.05) is 29.0 Å². The van der Waals surface area contributed by atoms with Gasteiger partial charge in [-0.15, -0.1) is 11.8 Å². The predicted molar refractivity (Wildman–Crippen MR) is 147 cm³/mol. The second kappa shape index (κ2) is 12.4. The maximum atomic E-state index is 15.2. The number of carboxylic acid groups (broad SMARTS) is 1. The van der Waals surface area contributed by atoms with E-state index in [1.165, 1.54) is 44.1 Å². The van der Waals surface area contributed by atoms with Crippen molar-refractivity contribution >= 4 is 35.5 Å². The number of benzene rings is 1. The Morgan fingerprint density at radius 2 is 1.98 bits per heavy atom. The molecule has 0 bridgehead atoms. The van der Waals surface area contributed by atoms with Gasteiger partial charge in [-0.25, -0.2) is 23.8 Å². The van der Waals surface area contributed by atoms with Crippen LogP contribution in [0.5, 0.6) is 0 Å². The molecule has 3 aromatic rings. The molecule has 1 saturated heterocycles. The first-order chi connectivity index (χ1) is 21.0. The number of hydroxylamine groups is 1. The van der Waals surface area contributed by atoms with E-state index in [-0.39, 0.29) is 41.4 Å². The Balaban J connectivity index is 1.31. The molecule has 1 fully saturated rings. The van der Waals surface area contributed by atoms with Gasteiger partial charge in [0.15, 0.2) is 18.9 Å². The second-order valence-corrected chi connectivity index (χ2v) is 11.1. The van der Waals surface area contributed by atoms with Gasteiger partial charge in [0.1, 0.15) is 29.1 Å². The minimum absolute atomic E-state index is 0.0619. The highest BCUT2D eigenvalue weighted by Gasteiger charge is 2.53. The van der Waals surface area contributed by atoms with Crippen molar-refractivity contribution in [2.24, 2.45) is 0 Å². The molecule has 2 aliphatic rings. The number of carbonyl (C=O) groups is 4. The number of nitrogens with zero attached hydrogens (tertiary/aromatic N) is 3. The molecule has 2 aliphatic heterocycles. The predicted octanol–water partition coefficient (Wildman–Crippen LogP) is -1.47. The first kappa shape index (κ1) is 30.7. The minimum Gasteiger partial charge on any atom is -0.543 e. The van der Waals surface area contributed by atoms with E-state index in [0.29, 0.717) is 11.1 Å². The van der Waals surface area contributed by atoms with Gasteiger partial charge in [0.2, 0.25) is 5.91 Å². The van der Waals surface area contributed by atoms with Gasteiger partial charge in [0.05, 0.1) is 37.1 Å². The molecule has 0 unspecified atom stereocenters. The highest BCUT2D eigenvalue weighted by molar-refractivity contribution is 8.00. The van der Waals surface area contributed by atoms with Gasteiger partial charge in [-0.05, 0) is 30.7 Å². The van der Waals surface area contributed by atoms with Crippen LogP contribution in [0.15, 0.2) is 69.4 Å². The highest BCUT2D eigenvalue weighted by atomic mass is 32.2. The van der Waals surface area contributed by atoms with Crippen molar-refractivity contribution in [3.63, 3.8) is 0 Å². The molecule has 3 amide bonds. The number of hydrogen-bond acceptors (Lipinski definition) is 10. The van der Waals surface area contributed by atoms with Crippen molar-refractivity contribution in [1.29, 1.82) is 0 Å². The number of carbonyl (C=O) groups excluding carboxylic acids is 4. The molecule has 16 heteroatoms. The average molecular weight is 628 g/mol. The van der Waals surface area contributed by atoms with Crippen LogP contribution in [0.3, 0.4) is 0 Å². The number of aliphatic hydroxyl groups excluding tert-OH is 1. The lowest BCUT2D eigenvalue weighted by Crippen LogP contribution is -2.71. The second-order valence-electron chi connectivity index (χ2n) is 9.97. The Morgan fingerprint density at radius 1 is 1.25 bits per heavy atom. The number of β-lactam (4-membered cyclic amide) rings is 1. The Morgan fingerprint density at radius 3 is 2.61 bits per heavy atom. The molecule has 230 valence electrons. The van der Waals surface area contributed by atoms with Gasteiger partial charge in [0.25, 0.3) is 11.8 Å². The number of aliphatic hydroxyl groups is 1. The van der Waals surface area contributed by atoms with Gasteiger partial charge in [-0.1, -0.05) is 0 Å². The molecular formula is C28H26FN5O9S. The number of nitrogens with one attached hydrogen (secondary N) is 2. The van der Waals surface area contributed by atoms with Crippen LogP contribution in [0.4, 0.5) is 4.39 Å². The number of oxazole rings is 1. The number of hydrogen-bond donors (Lipinski definition) is 3. The summed E-state index contributed by atoms with van der Waals surface area (Å²) >= 11 is 1.28. The van der Waals surface area contributed by atoms with Crippen molar-refractivity contribution in [2.75, 3.05) is 12.9 Å². The van der Waals surface area contributed by atoms with Crippen molar-refractivity contribution in [1.82, 2.24) is 20.3 Å². The maximum Gasteiger partial charge on any atom is 0.423 e. The van der Waals surface area contributed by atoms with E-state index in [2.05, 4.69) is 15.6 Å². The number of aromatic nitrogens is 2. The third-order valence-electron chi connectivity index (χ3n) is 6.96. The fraction of sp³-hybridized carbons (Fsp3) is 0.286. The number of rotatable bonds is 10. The largest absolute Gasteiger partial charge is 0.543 e. The summed E-state index contributed by atoms with van der Waals surface area (Å²) < 4.78 is 23.0. The van der Waals surface area contributed by atoms with Crippen molar-refractivity contribution in [2.45, 2.75) is 37.4 Å². The van der Waals surface area contributed by atoms with E-state index in [1.54, 1.807) is 29.1 Å². The molecule has 44 heavy (non-hydrogen) atoms. The molecular weight excluding hydrogens is 601 g/mol. The SMILES string of the molecule is CONC(=O)Cc1cn(-c2ccc(-c3cc[n+](CC4=C(C(=O)[O-])N5C(=O)[C@@H](NC(=O)[C@H](C)O)[C@@H]5SC4)cc3)c(F)c2)c(=O)o1. The monoisotopic (exact) mass is 627 g/mol. The van der Waals surface area contributed by atoms with Crippen LogP contribution < -0.4 is 26.2 Å². The molecule has 3 atom stereocenters. The fourth-order valence-corrected chi connectivity index (χ4v) is 6.21. The zero-order chi connectivity index (χ0) is 31.7. The zero-order valence-electron chi connectivity index (χ0n) is 23.3. The third-order valence-corrected chi connectivity index (χ3v) is 8.30. The summed E-state index contributed by atoms with van der Waals surface area (Å²) in [5, 5.41) is 23.2.